The zero-order valence-corrected chi connectivity index (χ0v) is 17.5. The summed E-state index contributed by atoms with van der Waals surface area (Å²) < 4.78 is 22.2. The number of benzene rings is 1. The summed E-state index contributed by atoms with van der Waals surface area (Å²) in [5, 5.41) is 0. The third-order valence-electron chi connectivity index (χ3n) is 4.83. The normalized spacial score (nSPS) is 16.3. The lowest BCUT2D eigenvalue weighted by Gasteiger charge is -2.33. The average molecular weight is 401 g/mol. The Balaban J connectivity index is 1.79. The van der Waals surface area contributed by atoms with E-state index in [1.807, 2.05) is 19.9 Å². The van der Waals surface area contributed by atoms with Crippen molar-refractivity contribution < 1.29 is 23.7 Å². The molecule has 8 heteroatoms. The number of nitrogens with zero attached hydrogens (tertiary/aromatic N) is 3. The molecule has 156 valence electrons. The number of hydrogen-bond acceptors (Lipinski definition) is 7. The standard InChI is InChI=1S/C21H27N3O5/c1-13-11-18(23-14(2)22-13)29-15-7-6-10-24(12-15)21(25)16-8-9-17(26-3)20(28-5)19(16)27-4/h8-9,11,15H,6-7,10,12H2,1-5H3. The van der Waals surface area contributed by atoms with Crippen molar-refractivity contribution in [2.45, 2.75) is 32.8 Å². The molecule has 1 amide bonds. The Morgan fingerprint density at radius 1 is 1.07 bits per heavy atom. The second kappa shape index (κ2) is 8.98. The number of carbonyl (C=O) groups excluding carboxylic acids is 1. The summed E-state index contributed by atoms with van der Waals surface area (Å²) in [7, 11) is 4.57. The van der Waals surface area contributed by atoms with Crippen LogP contribution in [0.5, 0.6) is 23.1 Å². The predicted octanol–water partition coefficient (Wildman–Crippen LogP) is 2.80. The van der Waals surface area contributed by atoms with Crippen molar-refractivity contribution in [3.63, 3.8) is 0 Å². The summed E-state index contributed by atoms with van der Waals surface area (Å²) in [4.78, 5) is 23.6. The molecule has 2 heterocycles. The number of rotatable bonds is 6. The van der Waals surface area contributed by atoms with Crippen LogP contribution in [0.25, 0.3) is 0 Å². The van der Waals surface area contributed by atoms with Gasteiger partial charge in [0.05, 0.1) is 33.4 Å². The molecule has 29 heavy (non-hydrogen) atoms. The molecule has 1 fully saturated rings. The minimum atomic E-state index is -0.133. The Hall–Kier alpha value is -3.03. The monoisotopic (exact) mass is 401 g/mol. The van der Waals surface area contributed by atoms with Gasteiger partial charge in [-0.3, -0.25) is 4.79 Å². The highest BCUT2D eigenvalue weighted by molar-refractivity contribution is 5.98. The van der Waals surface area contributed by atoms with E-state index in [0.29, 0.717) is 47.6 Å². The Morgan fingerprint density at radius 3 is 2.48 bits per heavy atom. The minimum Gasteiger partial charge on any atom is -0.493 e. The molecule has 1 aromatic heterocycles. The molecule has 0 aliphatic carbocycles. The second-order valence-corrected chi connectivity index (χ2v) is 6.91. The van der Waals surface area contributed by atoms with E-state index in [4.69, 9.17) is 18.9 Å². The molecule has 1 aliphatic rings. The van der Waals surface area contributed by atoms with Crippen LogP contribution in [-0.4, -0.2) is 61.3 Å². The molecule has 1 aromatic carbocycles. The number of likely N-dealkylation sites (tertiary alicyclic amines) is 1. The number of carbonyl (C=O) groups is 1. The Bertz CT molecular complexity index is 867. The molecule has 1 unspecified atom stereocenters. The van der Waals surface area contributed by atoms with Crippen molar-refractivity contribution in [2.24, 2.45) is 0 Å². The number of aromatic nitrogens is 2. The van der Waals surface area contributed by atoms with Crippen molar-refractivity contribution >= 4 is 5.91 Å². The van der Waals surface area contributed by atoms with E-state index in [2.05, 4.69) is 9.97 Å². The molecule has 0 N–H and O–H groups in total. The van der Waals surface area contributed by atoms with Crippen LogP contribution in [0.1, 0.15) is 34.7 Å². The molecule has 0 radical (unpaired) electrons. The van der Waals surface area contributed by atoms with Crippen LogP contribution in [0.4, 0.5) is 0 Å². The minimum absolute atomic E-state index is 0.132. The fourth-order valence-corrected chi connectivity index (χ4v) is 3.57. The van der Waals surface area contributed by atoms with E-state index in [1.165, 1.54) is 14.2 Å². The van der Waals surface area contributed by atoms with Gasteiger partial charge in [-0.1, -0.05) is 0 Å². The van der Waals surface area contributed by atoms with E-state index in [0.717, 1.165) is 18.5 Å². The van der Waals surface area contributed by atoms with E-state index >= 15 is 0 Å². The number of ether oxygens (including phenoxy) is 4. The first-order valence-corrected chi connectivity index (χ1v) is 9.54. The highest BCUT2D eigenvalue weighted by Crippen LogP contribution is 2.40. The van der Waals surface area contributed by atoms with Crippen molar-refractivity contribution in [1.29, 1.82) is 0 Å². The summed E-state index contributed by atoms with van der Waals surface area (Å²) in [5.74, 6) is 2.35. The molecule has 0 saturated carbocycles. The number of amides is 1. The molecular formula is C21H27N3O5. The van der Waals surface area contributed by atoms with Gasteiger partial charge in [0.1, 0.15) is 11.9 Å². The number of methoxy groups -OCH3 is 3. The number of aryl methyl sites for hydroxylation is 2. The van der Waals surface area contributed by atoms with Gasteiger partial charge < -0.3 is 23.8 Å². The molecule has 1 atom stereocenters. The molecule has 3 rings (SSSR count). The summed E-state index contributed by atoms with van der Waals surface area (Å²) in [6, 6.07) is 5.22. The van der Waals surface area contributed by atoms with Crippen LogP contribution in [0.3, 0.4) is 0 Å². The topological polar surface area (TPSA) is 83.0 Å². The molecule has 1 saturated heterocycles. The largest absolute Gasteiger partial charge is 0.493 e. The van der Waals surface area contributed by atoms with Gasteiger partial charge in [-0.25, -0.2) is 4.98 Å². The van der Waals surface area contributed by atoms with Gasteiger partial charge in [0, 0.05) is 18.3 Å². The molecule has 0 bridgehead atoms. The third-order valence-corrected chi connectivity index (χ3v) is 4.83. The molecule has 0 spiro atoms. The van der Waals surface area contributed by atoms with E-state index in [-0.39, 0.29) is 12.0 Å². The summed E-state index contributed by atoms with van der Waals surface area (Å²) in [6.45, 7) is 4.86. The zero-order valence-electron chi connectivity index (χ0n) is 17.5. The van der Waals surface area contributed by atoms with Crippen LogP contribution in [0, 0.1) is 13.8 Å². The smallest absolute Gasteiger partial charge is 0.257 e. The SMILES string of the molecule is COc1ccc(C(=O)N2CCCC(Oc3cc(C)nc(C)n3)C2)c(OC)c1OC. The lowest BCUT2D eigenvalue weighted by Crippen LogP contribution is -2.44. The van der Waals surface area contributed by atoms with Crippen LogP contribution in [0.15, 0.2) is 18.2 Å². The van der Waals surface area contributed by atoms with Crippen LogP contribution < -0.4 is 18.9 Å². The fourth-order valence-electron chi connectivity index (χ4n) is 3.57. The Labute approximate surface area is 170 Å². The summed E-state index contributed by atoms with van der Waals surface area (Å²) in [6.07, 6.45) is 1.57. The Morgan fingerprint density at radius 2 is 1.83 bits per heavy atom. The van der Waals surface area contributed by atoms with Crippen LogP contribution >= 0.6 is 0 Å². The van der Waals surface area contributed by atoms with Crippen LogP contribution in [-0.2, 0) is 0 Å². The van der Waals surface area contributed by atoms with Crippen molar-refractivity contribution in [2.75, 3.05) is 34.4 Å². The van der Waals surface area contributed by atoms with Crippen molar-refractivity contribution in [3.8, 4) is 23.1 Å². The van der Waals surface area contributed by atoms with E-state index in [1.54, 1.807) is 24.1 Å². The van der Waals surface area contributed by atoms with Gasteiger partial charge in [0.25, 0.3) is 5.91 Å². The first-order valence-electron chi connectivity index (χ1n) is 9.54. The summed E-state index contributed by atoms with van der Waals surface area (Å²) in [5.41, 5.74) is 1.28. The lowest BCUT2D eigenvalue weighted by molar-refractivity contribution is 0.0523. The number of piperidine rings is 1. The second-order valence-electron chi connectivity index (χ2n) is 6.91. The summed E-state index contributed by atoms with van der Waals surface area (Å²) >= 11 is 0. The lowest BCUT2D eigenvalue weighted by atomic mass is 10.1. The van der Waals surface area contributed by atoms with Crippen molar-refractivity contribution in [3.05, 3.63) is 35.3 Å². The fraction of sp³-hybridized carbons (Fsp3) is 0.476. The predicted molar refractivity (Wildman–Crippen MR) is 107 cm³/mol. The van der Waals surface area contributed by atoms with Gasteiger partial charge in [0.2, 0.25) is 11.6 Å². The van der Waals surface area contributed by atoms with Gasteiger partial charge in [-0.15, -0.1) is 0 Å². The first-order chi connectivity index (χ1) is 14.0. The quantitative estimate of drug-likeness (QED) is 0.736. The van der Waals surface area contributed by atoms with Gasteiger partial charge in [-0.05, 0) is 38.8 Å². The maximum atomic E-state index is 13.2. The van der Waals surface area contributed by atoms with Crippen molar-refractivity contribution in [1.82, 2.24) is 14.9 Å². The van der Waals surface area contributed by atoms with Crippen LogP contribution in [0.2, 0.25) is 0 Å². The average Bonchev–Trinajstić information content (AvgIpc) is 2.71. The highest BCUT2D eigenvalue weighted by atomic mass is 16.5. The van der Waals surface area contributed by atoms with Gasteiger partial charge in [-0.2, -0.15) is 4.98 Å². The highest BCUT2D eigenvalue weighted by Gasteiger charge is 2.29. The number of hydrogen-bond donors (Lipinski definition) is 0. The first kappa shape index (κ1) is 20.7. The molecule has 2 aromatic rings. The Kier molecular flexibility index (Phi) is 6.41. The van der Waals surface area contributed by atoms with E-state index in [9.17, 15) is 4.79 Å². The van der Waals surface area contributed by atoms with E-state index < -0.39 is 0 Å². The third kappa shape index (κ3) is 4.52. The molecule has 8 nitrogen and oxygen atoms in total. The maximum Gasteiger partial charge on any atom is 0.257 e. The van der Waals surface area contributed by atoms with Gasteiger partial charge in [0.15, 0.2) is 11.5 Å². The molecule has 1 aliphatic heterocycles. The van der Waals surface area contributed by atoms with Gasteiger partial charge >= 0.3 is 0 Å². The maximum absolute atomic E-state index is 13.2. The zero-order chi connectivity index (χ0) is 21.0. The molecular weight excluding hydrogens is 374 g/mol.